The third-order valence-corrected chi connectivity index (χ3v) is 2.64. The van der Waals surface area contributed by atoms with Crippen LogP contribution in [0.25, 0.3) is 11.3 Å². The third kappa shape index (κ3) is 2.52. The van der Waals surface area contributed by atoms with Gasteiger partial charge in [0.1, 0.15) is 5.75 Å². The highest BCUT2D eigenvalue weighted by Gasteiger charge is 2.14. The Morgan fingerprint density at radius 3 is 2.95 bits per heavy atom. The maximum Gasteiger partial charge on any atom is 0.358 e. The number of nitrogen functional groups attached to an aromatic ring is 1. The van der Waals surface area contributed by atoms with Gasteiger partial charge in [-0.25, -0.2) is 4.79 Å². The molecule has 19 heavy (non-hydrogen) atoms. The summed E-state index contributed by atoms with van der Waals surface area (Å²) in [7, 11) is 1.55. The molecule has 3 N–H and O–H groups in total. The number of carbonyl (C=O) groups is 1. The van der Waals surface area contributed by atoms with Crippen molar-refractivity contribution < 1.29 is 14.3 Å². The normalized spacial score (nSPS) is 10.2. The van der Waals surface area contributed by atoms with E-state index in [4.69, 9.17) is 15.2 Å². The molecule has 0 fully saturated rings. The van der Waals surface area contributed by atoms with Gasteiger partial charge in [-0.2, -0.15) is 5.10 Å². The summed E-state index contributed by atoms with van der Waals surface area (Å²) in [6.07, 6.45) is 0. The molecule has 2 aromatic rings. The van der Waals surface area contributed by atoms with Gasteiger partial charge in [0.15, 0.2) is 5.69 Å². The predicted octanol–water partition coefficient (Wildman–Crippen LogP) is 1.84. The Morgan fingerprint density at radius 1 is 1.47 bits per heavy atom. The van der Waals surface area contributed by atoms with E-state index in [-0.39, 0.29) is 5.69 Å². The first-order valence-corrected chi connectivity index (χ1v) is 5.82. The van der Waals surface area contributed by atoms with E-state index in [0.29, 0.717) is 23.7 Å². The predicted molar refractivity (Wildman–Crippen MR) is 70.9 cm³/mol. The number of nitrogens with two attached hydrogens (primary N) is 1. The number of benzene rings is 1. The van der Waals surface area contributed by atoms with E-state index >= 15 is 0 Å². The molecule has 6 nitrogen and oxygen atoms in total. The van der Waals surface area contributed by atoms with E-state index in [1.54, 1.807) is 26.2 Å². The van der Waals surface area contributed by atoms with E-state index < -0.39 is 5.97 Å². The molecule has 0 spiro atoms. The van der Waals surface area contributed by atoms with Crippen LogP contribution in [-0.2, 0) is 4.74 Å². The Labute approximate surface area is 110 Å². The van der Waals surface area contributed by atoms with Gasteiger partial charge in [-0.3, -0.25) is 5.10 Å². The van der Waals surface area contributed by atoms with Crippen molar-refractivity contribution in [3.8, 4) is 17.0 Å². The monoisotopic (exact) mass is 261 g/mol. The fourth-order valence-corrected chi connectivity index (χ4v) is 1.73. The number of hydrogen-bond donors (Lipinski definition) is 2. The molecule has 0 saturated heterocycles. The van der Waals surface area contributed by atoms with Gasteiger partial charge in [-0.05, 0) is 19.1 Å². The number of methoxy groups -OCH3 is 1. The summed E-state index contributed by atoms with van der Waals surface area (Å²) in [4.78, 5) is 11.5. The molecule has 0 unspecified atom stereocenters. The maximum absolute atomic E-state index is 11.5. The zero-order valence-electron chi connectivity index (χ0n) is 10.8. The number of rotatable bonds is 4. The second-order valence-corrected chi connectivity index (χ2v) is 3.81. The molecule has 1 aromatic heterocycles. The van der Waals surface area contributed by atoms with Crippen LogP contribution in [0.2, 0.25) is 0 Å². The van der Waals surface area contributed by atoms with Crippen LogP contribution < -0.4 is 10.5 Å². The smallest absolute Gasteiger partial charge is 0.358 e. The lowest BCUT2D eigenvalue weighted by Gasteiger charge is -2.07. The first kappa shape index (κ1) is 12.9. The number of aromatic amines is 1. The van der Waals surface area contributed by atoms with Gasteiger partial charge in [-0.15, -0.1) is 0 Å². The molecule has 2 rings (SSSR count). The number of H-pyrrole nitrogens is 1. The van der Waals surface area contributed by atoms with Gasteiger partial charge in [0.2, 0.25) is 0 Å². The molecule has 0 atom stereocenters. The quantitative estimate of drug-likeness (QED) is 0.647. The van der Waals surface area contributed by atoms with Crippen LogP contribution in [0.3, 0.4) is 0 Å². The Hall–Kier alpha value is -2.50. The van der Waals surface area contributed by atoms with Crippen molar-refractivity contribution in [3.05, 3.63) is 30.0 Å². The molecule has 100 valence electrons. The molecule has 0 aliphatic carbocycles. The molecule has 0 amide bonds. The van der Waals surface area contributed by atoms with E-state index in [2.05, 4.69) is 10.2 Å². The largest absolute Gasteiger partial charge is 0.495 e. The SMILES string of the molecule is CCOC(=O)c1cc(-c2cccc(OC)c2N)[nH]n1. The van der Waals surface area contributed by atoms with Crippen molar-refractivity contribution in [2.75, 3.05) is 19.5 Å². The topological polar surface area (TPSA) is 90.2 Å². The average Bonchev–Trinajstić information content (AvgIpc) is 2.89. The lowest BCUT2D eigenvalue weighted by atomic mass is 10.1. The van der Waals surface area contributed by atoms with E-state index in [1.165, 1.54) is 0 Å². The van der Waals surface area contributed by atoms with Crippen molar-refractivity contribution >= 4 is 11.7 Å². The Bertz CT molecular complexity index is 593. The fraction of sp³-hybridized carbons (Fsp3) is 0.231. The lowest BCUT2D eigenvalue weighted by molar-refractivity contribution is 0.0519. The van der Waals surface area contributed by atoms with Crippen LogP contribution in [0.4, 0.5) is 5.69 Å². The number of carbonyl (C=O) groups excluding carboxylic acids is 1. The van der Waals surface area contributed by atoms with Crippen LogP contribution in [0.15, 0.2) is 24.3 Å². The van der Waals surface area contributed by atoms with Gasteiger partial charge in [0, 0.05) is 5.56 Å². The van der Waals surface area contributed by atoms with E-state index in [0.717, 1.165) is 5.56 Å². The number of para-hydroxylation sites is 1. The van der Waals surface area contributed by atoms with Gasteiger partial charge < -0.3 is 15.2 Å². The molecule has 0 aliphatic heterocycles. The molecule has 0 bridgehead atoms. The lowest BCUT2D eigenvalue weighted by Crippen LogP contribution is -2.04. The van der Waals surface area contributed by atoms with Crippen molar-refractivity contribution in [3.63, 3.8) is 0 Å². The number of aromatic nitrogens is 2. The zero-order valence-corrected chi connectivity index (χ0v) is 10.8. The first-order chi connectivity index (χ1) is 9.17. The number of anilines is 1. The molecule has 1 heterocycles. The summed E-state index contributed by atoms with van der Waals surface area (Å²) in [6, 6.07) is 7.00. The minimum Gasteiger partial charge on any atom is -0.495 e. The number of nitrogens with zero attached hydrogens (tertiary/aromatic N) is 1. The van der Waals surface area contributed by atoms with Crippen LogP contribution >= 0.6 is 0 Å². The molecule has 0 aliphatic rings. The first-order valence-electron chi connectivity index (χ1n) is 5.82. The number of ether oxygens (including phenoxy) is 2. The second-order valence-electron chi connectivity index (χ2n) is 3.81. The molecule has 1 aromatic carbocycles. The van der Waals surface area contributed by atoms with Gasteiger partial charge in [0.05, 0.1) is 25.1 Å². The summed E-state index contributed by atoms with van der Waals surface area (Å²) < 4.78 is 10.0. The second kappa shape index (κ2) is 5.43. The van der Waals surface area contributed by atoms with E-state index in [9.17, 15) is 4.79 Å². The molecule has 0 radical (unpaired) electrons. The maximum atomic E-state index is 11.5. The third-order valence-electron chi connectivity index (χ3n) is 2.64. The van der Waals surface area contributed by atoms with Crippen molar-refractivity contribution in [2.45, 2.75) is 6.92 Å². The van der Waals surface area contributed by atoms with E-state index in [1.807, 2.05) is 12.1 Å². The molecule has 6 heteroatoms. The molecular formula is C13H15N3O3. The number of nitrogens with one attached hydrogen (secondary N) is 1. The summed E-state index contributed by atoms with van der Waals surface area (Å²) >= 11 is 0. The van der Waals surface area contributed by atoms with Crippen molar-refractivity contribution in [1.82, 2.24) is 10.2 Å². The van der Waals surface area contributed by atoms with Crippen LogP contribution in [-0.4, -0.2) is 29.9 Å². The number of esters is 1. The average molecular weight is 261 g/mol. The number of hydrogen-bond acceptors (Lipinski definition) is 5. The summed E-state index contributed by atoms with van der Waals surface area (Å²) in [5.74, 6) is 0.108. The van der Waals surface area contributed by atoms with Crippen molar-refractivity contribution in [1.29, 1.82) is 0 Å². The van der Waals surface area contributed by atoms with Gasteiger partial charge >= 0.3 is 5.97 Å². The Kier molecular flexibility index (Phi) is 3.70. The standard InChI is InChI=1S/C13H15N3O3/c1-3-19-13(17)10-7-9(15-16-10)8-5-4-6-11(18-2)12(8)14/h4-7H,3,14H2,1-2H3,(H,15,16). The highest BCUT2D eigenvalue weighted by atomic mass is 16.5. The minimum absolute atomic E-state index is 0.221. The van der Waals surface area contributed by atoms with Gasteiger partial charge in [0.25, 0.3) is 0 Å². The summed E-state index contributed by atoms with van der Waals surface area (Å²) in [5, 5.41) is 6.68. The summed E-state index contributed by atoms with van der Waals surface area (Å²) in [5.41, 5.74) is 8.06. The Balaban J connectivity index is 2.35. The highest BCUT2D eigenvalue weighted by Crippen LogP contribution is 2.32. The minimum atomic E-state index is -0.466. The van der Waals surface area contributed by atoms with Crippen molar-refractivity contribution in [2.24, 2.45) is 0 Å². The molecule has 0 saturated carbocycles. The van der Waals surface area contributed by atoms with Crippen LogP contribution in [0, 0.1) is 0 Å². The summed E-state index contributed by atoms with van der Waals surface area (Å²) in [6.45, 7) is 2.05. The van der Waals surface area contributed by atoms with Crippen LogP contribution in [0.1, 0.15) is 17.4 Å². The highest BCUT2D eigenvalue weighted by molar-refractivity contribution is 5.89. The molecular weight excluding hydrogens is 246 g/mol. The van der Waals surface area contributed by atoms with Crippen LogP contribution in [0.5, 0.6) is 5.75 Å². The fourth-order valence-electron chi connectivity index (χ4n) is 1.73. The van der Waals surface area contributed by atoms with Gasteiger partial charge in [-0.1, -0.05) is 12.1 Å². The Morgan fingerprint density at radius 2 is 2.26 bits per heavy atom. The zero-order chi connectivity index (χ0) is 13.8.